The summed E-state index contributed by atoms with van der Waals surface area (Å²) in [6.07, 6.45) is 2.98. The van der Waals surface area contributed by atoms with Crippen LogP contribution in [0.3, 0.4) is 0 Å². The zero-order chi connectivity index (χ0) is 16.2. The number of aromatic nitrogens is 1. The maximum atomic E-state index is 12.7. The lowest BCUT2D eigenvalue weighted by atomic mass is 10.1. The van der Waals surface area contributed by atoms with Crippen molar-refractivity contribution in [3.8, 4) is 0 Å². The van der Waals surface area contributed by atoms with E-state index in [0.717, 1.165) is 12.2 Å². The van der Waals surface area contributed by atoms with Crippen LogP contribution in [-0.2, 0) is 17.8 Å². The van der Waals surface area contributed by atoms with Crippen molar-refractivity contribution in [3.63, 3.8) is 0 Å². The summed E-state index contributed by atoms with van der Waals surface area (Å²) >= 11 is 0. The van der Waals surface area contributed by atoms with Crippen LogP contribution < -0.4 is 4.90 Å². The molecule has 1 amide bonds. The van der Waals surface area contributed by atoms with E-state index in [1.165, 1.54) is 11.3 Å². The fourth-order valence-corrected chi connectivity index (χ4v) is 3.21. The molecule has 4 nitrogen and oxygen atoms in total. The molecular weight excluding hydrogens is 286 g/mol. The zero-order valence-corrected chi connectivity index (χ0v) is 13.8. The molecule has 0 radical (unpaired) electrons. The van der Waals surface area contributed by atoms with Gasteiger partial charge in [0, 0.05) is 50.2 Å². The minimum Gasteiger partial charge on any atom is -0.372 e. The number of likely N-dealkylation sites (N-methyl/N-ethyl adjacent to an activating group) is 1. The predicted octanol–water partition coefficient (Wildman–Crippen LogP) is 2.88. The third-order valence-corrected chi connectivity index (χ3v) is 4.46. The molecule has 0 N–H and O–H groups in total. The van der Waals surface area contributed by atoms with Crippen molar-refractivity contribution in [1.82, 2.24) is 9.88 Å². The molecule has 0 bridgehead atoms. The van der Waals surface area contributed by atoms with Gasteiger partial charge in [-0.2, -0.15) is 0 Å². The Balaban J connectivity index is 1.72. The van der Waals surface area contributed by atoms with E-state index >= 15 is 0 Å². The molecule has 0 fully saturated rings. The average Bonchev–Trinajstić information content (AvgIpc) is 2.70. The minimum atomic E-state index is 0.198. The van der Waals surface area contributed by atoms with Crippen molar-refractivity contribution >= 4 is 11.6 Å². The number of pyridine rings is 1. The summed E-state index contributed by atoms with van der Waals surface area (Å²) in [6, 6.07) is 14.4. The molecule has 1 aromatic heterocycles. The first-order chi connectivity index (χ1) is 11.1. The van der Waals surface area contributed by atoms with Crippen LogP contribution in [0.2, 0.25) is 0 Å². The molecule has 0 saturated carbocycles. The number of para-hydroxylation sites is 1. The molecule has 3 rings (SSSR count). The standard InChI is InChI=1S/C19H23N3O/c1-15-13-21(2)18-9-4-3-7-16(18)14-22(15)19(23)11-10-17-8-5-6-12-20-17/h3-9,12,15H,10-11,13-14H2,1-2H3/t15-/m0/s1. The molecule has 0 aliphatic carbocycles. The Morgan fingerprint density at radius 3 is 2.78 bits per heavy atom. The van der Waals surface area contributed by atoms with Crippen LogP contribution >= 0.6 is 0 Å². The number of aryl methyl sites for hydroxylation is 1. The molecule has 23 heavy (non-hydrogen) atoms. The molecule has 4 heteroatoms. The second kappa shape index (κ2) is 6.82. The van der Waals surface area contributed by atoms with Gasteiger partial charge in [0.25, 0.3) is 0 Å². The predicted molar refractivity (Wildman–Crippen MR) is 92.3 cm³/mol. The highest BCUT2D eigenvalue weighted by Gasteiger charge is 2.26. The topological polar surface area (TPSA) is 36.4 Å². The van der Waals surface area contributed by atoms with Crippen LogP contribution in [0.25, 0.3) is 0 Å². The first kappa shape index (κ1) is 15.5. The van der Waals surface area contributed by atoms with E-state index in [4.69, 9.17) is 0 Å². The highest BCUT2D eigenvalue weighted by molar-refractivity contribution is 5.77. The highest BCUT2D eigenvalue weighted by Crippen LogP contribution is 2.26. The normalized spacial score (nSPS) is 17.6. The van der Waals surface area contributed by atoms with Gasteiger partial charge in [0.15, 0.2) is 0 Å². The molecular formula is C19H23N3O. The first-order valence-electron chi connectivity index (χ1n) is 8.13. The Morgan fingerprint density at radius 1 is 1.22 bits per heavy atom. The summed E-state index contributed by atoms with van der Waals surface area (Å²) in [5, 5.41) is 0. The van der Waals surface area contributed by atoms with Gasteiger partial charge in [-0.25, -0.2) is 0 Å². The van der Waals surface area contributed by atoms with Gasteiger partial charge in [-0.3, -0.25) is 9.78 Å². The van der Waals surface area contributed by atoms with Gasteiger partial charge in [0.05, 0.1) is 0 Å². The second-order valence-electron chi connectivity index (χ2n) is 6.20. The quantitative estimate of drug-likeness (QED) is 0.875. The number of anilines is 1. The fourth-order valence-electron chi connectivity index (χ4n) is 3.21. The lowest BCUT2D eigenvalue weighted by Crippen LogP contribution is -2.42. The van der Waals surface area contributed by atoms with Crippen molar-refractivity contribution in [2.75, 3.05) is 18.5 Å². The SMILES string of the molecule is C[C@H]1CN(C)c2ccccc2CN1C(=O)CCc1ccccn1. The molecule has 1 aliphatic heterocycles. The number of hydrogen-bond donors (Lipinski definition) is 0. The summed E-state index contributed by atoms with van der Waals surface area (Å²) in [6.45, 7) is 3.66. The van der Waals surface area contributed by atoms with Crippen molar-refractivity contribution < 1.29 is 4.79 Å². The number of rotatable bonds is 3. The molecule has 120 valence electrons. The van der Waals surface area contributed by atoms with Crippen LogP contribution in [0, 0.1) is 0 Å². The van der Waals surface area contributed by atoms with Crippen LogP contribution in [-0.4, -0.2) is 35.4 Å². The van der Waals surface area contributed by atoms with E-state index < -0.39 is 0 Å². The maximum absolute atomic E-state index is 12.7. The summed E-state index contributed by atoms with van der Waals surface area (Å²) in [5.41, 5.74) is 3.41. The van der Waals surface area contributed by atoms with E-state index in [1.807, 2.05) is 29.2 Å². The van der Waals surface area contributed by atoms with Crippen LogP contribution in [0.15, 0.2) is 48.7 Å². The first-order valence-corrected chi connectivity index (χ1v) is 8.13. The molecule has 0 unspecified atom stereocenters. The van der Waals surface area contributed by atoms with Crippen molar-refractivity contribution in [2.24, 2.45) is 0 Å². The number of nitrogens with zero attached hydrogens (tertiary/aromatic N) is 3. The maximum Gasteiger partial charge on any atom is 0.223 e. The van der Waals surface area contributed by atoms with Gasteiger partial charge in [-0.05, 0) is 37.1 Å². The summed E-state index contributed by atoms with van der Waals surface area (Å²) in [4.78, 5) is 21.3. The van der Waals surface area contributed by atoms with Gasteiger partial charge in [0.1, 0.15) is 0 Å². The second-order valence-corrected chi connectivity index (χ2v) is 6.20. The van der Waals surface area contributed by atoms with Gasteiger partial charge in [-0.1, -0.05) is 24.3 Å². The van der Waals surface area contributed by atoms with Crippen LogP contribution in [0.1, 0.15) is 24.6 Å². The van der Waals surface area contributed by atoms with E-state index in [0.29, 0.717) is 19.4 Å². The monoisotopic (exact) mass is 309 g/mol. The van der Waals surface area contributed by atoms with Crippen molar-refractivity contribution in [1.29, 1.82) is 0 Å². The van der Waals surface area contributed by atoms with Gasteiger partial charge >= 0.3 is 0 Å². The molecule has 2 aromatic rings. The largest absolute Gasteiger partial charge is 0.372 e. The smallest absolute Gasteiger partial charge is 0.223 e. The summed E-state index contributed by atoms with van der Waals surface area (Å²) in [5.74, 6) is 0.202. The number of hydrogen-bond acceptors (Lipinski definition) is 3. The Bertz CT molecular complexity index is 671. The number of benzene rings is 1. The molecule has 1 aromatic carbocycles. The Morgan fingerprint density at radius 2 is 2.00 bits per heavy atom. The molecule has 0 spiro atoms. The van der Waals surface area contributed by atoms with E-state index in [9.17, 15) is 4.79 Å². The summed E-state index contributed by atoms with van der Waals surface area (Å²) < 4.78 is 0. The van der Waals surface area contributed by atoms with Crippen molar-refractivity contribution in [3.05, 3.63) is 59.9 Å². The van der Waals surface area contributed by atoms with E-state index in [2.05, 4.69) is 42.1 Å². The average molecular weight is 309 g/mol. The number of carbonyl (C=O) groups is 1. The fraction of sp³-hybridized carbons (Fsp3) is 0.368. The van der Waals surface area contributed by atoms with Gasteiger partial charge < -0.3 is 9.80 Å². The number of fused-ring (bicyclic) bond motifs is 1. The molecule has 1 aliphatic rings. The lowest BCUT2D eigenvalue weighted by molar-refractivity contribution is -0.133. The molecule has 1 atom stereocenters. The lowest BCUT2D eigenvalue weighted by Gasteiger charge is -2.28. The van der Waals surface area contributed by atoms with Crippen LogP contribution in [0.4, 0.5) is 5.69 Å². The van der Waals surface area contributed by atoms with E-state index in [-0.39, 0.29) is 11.9 Å². The van der Waals surface area contributed by atoms with Gasteiger partial charge in [0.2, 0.25) is 5.91 Å². The number of amides is 1. The Labute approximate surface area is 137 Å². The minimum absolute atomic E-state index is 0.198. The third-order valence-electron chi connectivity index (χ3n) is 4.46. The highest BCUT2D eigenvalue weighted by atomic mass is 16.2. The third kappa shape index (κ3) is 3.52. The Hall–Kier alpha value is -2.36. The molecule has 2 heterocycles. The van der Waals surface area contributed by atoms with E-state index in [1.54, 1.807) is 6.20 Å². The van der Waals surface area contributed by atoms with Crippen LogP contribution in [0.5, 0.6) is 0 Å². The summed E-state index contributed by atoms with van der Waals surface area (Å²) in [7, 11) is 2.09. The Kier molecular flexibility index (Phi) is 4.60. The van der Waals surface area contributed by atoms with Gasteiger partial charge in [-0.15, -0.1) is 0 Å². The zero-order valence-electron chi connectivity index (χ0n) is 13.8. The molecule has 0 saturated heterocycles. The number of carbonyl (C=O) groups excluding carboxylic acids is 1. The van der Waals surface area contributed by atoms with Crippen molar-refractivity contribution in [2.45, 2.75) is 32.4 Å².